The molecule has 0 radical (unpaired) electrons. The predicted molar refractivity (Wildman–Crippen MR) is 113 cm³/mol. The third-order valence-electron chi connectivity index (χ3n) is 6.07. The van der Waals surface area contributed by atoms with E-state index in [9.17, 15) is 19.8 Å². The second kappa shape index (κ2) is 7.18. The lowest BCUT2D eigenvalue weighted by Gasteiger charge is -2.47. The zero-order chi connectivity index (χ0) is 21.6. The number of carbonyl (C=O) groups is 2. The molecule has 1 fully saturated rings. The Bertz CT molecular complexity index is 1140. The number of H-pyrrole nitrogens is 1. The number of aryl methyl sites for hydroxylation is 1. The van der Waals surface area contributed by atoms with Crippen LogP contribution in [0.2, 0.25) is 0 Å². The summed E-state index contributed by atoms with van der Waals surface area (Å²) in [4.78, 5) is 32.1. The van der Waals surface area contributed by atoms with Gasteiger partial charge in [-0.2, -0.15) is 0 Å². The van der Waals surface area contributed by atoms with Crippen LogP contribution in [0.1, 0.15) is 16.7 Å². The third-order valence-corrected chi connectivity index (χ3v) is 6.07. The molecule has 0 unspecified atom stereocenters. The molecule has 3 aromatic rings. The molecule has 1 saturated heterocycles. The Morgan fingerprint density at radius 1 is 1.13 bits per heavy atom. The van der Waals surface area contributed by atoms with E-state index in [2.05, 4.69) is 4.98 Å². The van der Waals surface area contributed by atoms with Gasteiger partial charge in [-0.15, -0.1) is 0 Å². The Labute approximate surface area is 174 Å². The molecule has 1 aliphatic heterocycles. The zero-order valence-electron chi connectivity index (χ0n) is 17.2. The summed E-state index contributed by atoms with van der Waals surface area (Å²) in [6.07, 6.45) is 2.11. The van der Waals surface area contributed by atoms with Crippen molar-refractivity contribution < 1.29 is 19.8 Å². The molecule has 3 N–H and O–H groups in total. The first-order valence-corrected chi connectivity index (χ1v) is 9.83. The summed E-state index contributed by atoms with van der Waals surface area (Å²) in [5, 5.41) is 21.9. The summed E-state index contributed by atoms with van der Waals surface area (Å²) in [5.41, 5.74) is 1.58. The van der Waals surface area contributed by atoms with E-state index in [0.29, 0.717) is 12.0 Å². The zero-order valence-corrected chi connectivity index (χ0v) is 17.2. The number of nitrogens with one attached hydrogen (secondary N) is 1. The van der Waals surface area contributed by atoms with Gasteiger partial charge in [0.05, 0.1) is 0 Å². The van der Waals surface area contributed by atoms with Crippen molar-refractivity contribution in [1.29, 1.82) is 0 Å². The minimum absolute atomic E-state index is 0.0364. The van der Waals surface area contributed by atoms with Crippen molar-refractivity contribution in [3.05, 3.63) is 65.4 Å². The highest BCUT2D eigenvalue weighted by molar-refractivity contribution is 5.99. The fourth-order valence-corrected chi connectivity index (χ4v) is 4.33. The fraction of sp³-hybridized carbons (Fsp3) is 0.304. The smallest absolute Gasteiger partial charge is 0.276 e. The number of aromatic nitrogens is 1. The molecule has 2 aromatic carbocycles. The van der Waals surface area contributed by atoms with Gasteiger partial charge in [0, 0.05) is 44.0 Å². The molecule has 0 aliphatic carbocycles. The molecule has 30 heavy (non-hydrogen) atoms. The normalized spacial score (nSPS) is 22.2. The lowest BCUT2D eigenvalue weighted by molar-refractivity contribution is -0.194. The quantitative estimate of drug-likeness (QED) is 0.616. The molecule has 2 amide bonds. The van der Waals surface area contributed by atoms with Gasteiger partial charge in [0.1, 0.15) is 11.8 Å². The summed E-state index contributed by atoms with van der Waals surface area (Å²) < 4.78 is 0. The van der Waals surface area contributed by atoms with Crippen molar-refractivity contribution in [1.82, 2.24) is 14.8 Å². The van der Waals surface area contributed by atoms with E-state index < -0.39 is 17.7 Å². The Kier molecular flexibility index (Phi) is 4.78. The molecular weight excluding hydrogens is 382 g/mol. The van der Waals surface area contributed by atoms with E-state index in [1.807, 2.05) is 31.3 Å². The van der Waals surface area contributed by atoms with Gasteiger partial charge in [0.25, 0.3) is 5.91 Å². The van der Waals surface area contributed by atoms with Gasteiger partial charge in [-0.1, -0.05) is 24.3 Å². The number of carbonyl (C=O) groups excluding carboxylic acids is 2. The average Bonchev–Trinajstić information content (AvgIpc) is 3.13. The number of hydrogen-bond donors (Lipinski definition) is 3. The number of benzene rings is 2. The number of likely N-dealkylation sites (N-methyl/N-ethyl adjacent to an activating group) is 2. The van der Waals surface area contributed by atoms with Crippen molar-refractivity contribution in [3.63, 3.8) is 0 Å². The van der Waals surface area contributed by atoms with Crippen LogP contribution in [-0.2, 0) is 22.4 Å². The van der Waals surface area contributed by atoms with Crippen LogP contribution < -0.4 is 0 Å². The van der Waals surface area contributed by atoms with E-state index in [0.717, 1.165) is 26.9 Å². The second-order valence-corrected chi connectivity index (χ2v) is 8.01. The number of phenolic OH excluding ortho intramolecular Hbond substituents is 1. The minimum atomic E-state index is -2.01. The molecule has 156 valence electrons. The van der Waals surface area contributed by atoms with E-state index in [-0.39, 0.29) is 18.1 Å². The minimum Gasteiger partial charge on any atom is -0.508 e. The Morgan fingerprint density at radius 3 is 2.60 bits per heavy atom. The number of nitrogens with zero attached hydrogens (tertiary/aromatic N) is 2. The number of phenols is 1. The maximum atomic E-state index is 13.2. The average molecular weight is 407 g/mol. The largest absolute Gasteiger partial charge is 0.508 e. The molecule has 0 saturated carbocycles. The van der Waals surface area contributed by atoms with Gasteiger partial charge >= 0.3 is 0 Å². The topological polar surface area (TPSA) is 96.9 Å². The molecule has 2 heterocycles. The van der Waals surface area contributed by atoms with Crippen molar-refractivity contribution in [2.45, 2.75) is 31.5 Å². The number of amides is 2. The molecule has 2 atom stereocenters. The van der Waals surface area contributed by atoms with Crippen LogP contribution in [0.3, 0.4) is 0 Å². The molecule has 1 aliphatic rings. The molecule has 1 aromatic heterocycles. The van der Waals surface area contributed by atoms with Crippen LogP contribution in [0.4, 0.5) is 0 Å². The van der Waals surface area contributed by atoms with Crippen LogP contribution in [0.25, 0.3) is 10.9 Å². The molecule has 7 heteroatoms. The lowest BCUT2D eigenvalue weighted by Crippen LogP contribution is -2.70. The van der Waals surface area contributed by atoms with E-state index in [1.165, 1.54) is 24.1 Å². The van der Waals surface area contributed by atoms with E-state index in [1.54, 1.807) is 19.2 Å². The summed E-state index contributed by atoms with van der Waals surface area (Å²) in [5.74, 6) is -0.841. The van der Waals surface area contributed by atoms with Gasteiger partial charge in [0.2, 0.25) is 11.6 Å². The first-order valence-electron chi connectivity index (χ1n) is 9.83. The molecular formula is C23H25N3O4. The van der Waals surface area contributed by atoms with Gasteiger partial charge in [-0.3, -0.25) is 9.59 Å². The summed E-state index contributed by atoms with van der Waals surface area (Å²) >= 11 is 0. The molecule has 7 nitrogen and oxygen atoms in total. The summed E-state index contributed by atoms with van der Waals surface area (Å²) in [6.45, 7) is 2.01. The van der Waals surface area contributed by atoms with Gasteiger partial charge in [-0.05, 0) is 41.8 Å². The fourth-order valence-electron chi connectivity index (χ4n) is 4.33. The third kappa shape index (κ3) is 3.11. The summed E-state index contributed by atoms with van der Waals surface area (Å²) in [7, 11) is 3.00. The standard InChI is InChI=1S/C23H25N3O4/c1-14-6-4-9-18-20(14)16(13-24-18)11-19-21(28)26(3)23(30,22(29)25(19)2)12-15-7-5-8-17(27)10-15/h4-10,13,19,24,27,30H,11-12H2,1-3H3/t19-,23+/m0/s1. The lowest BCUT2D eigenvalue weighted by atomic mass is 9.92. The van der Waals surface area contributed by atoms with Crippen LogP contribution in [0, 0.1) is 6.92 Å². The van der Waals surface area contributed by atoms with Gasteiger partial charge in [0.15, 0.2) is 0 Å². The van der Waals surface area contributed by atoms with Crippen LogP contribution in [0.5, 0.6) is 5.75 Å². The van der Waals surface area contributed by atoms with Gasteiger partial charge < -0.3 is 25.0 Å². The monoisotopic (exact) mass is 407 g/mol. The van der Waals surface area contributed by atoms with Crippen LogP contribution >= 0.6 is 0 Å². The highest BCUT2D eigenvalue weighted by Crippen LogP contribution is 2.31. The van der Waals surface area contributed by atoms with Crippen molar-refractivity contribution >= 4 is 22.7 Å². The van der Waals surface area contributed by atoms with E-state index >= 15 is 0 Å². The Morgan fingerprint density at radius 2 is 1.87 bits per heavy atom. The number of piperazine rings is 1. The van der Waals surface area contributed by atoms with Gasteiger partial charge in [-0.25, -0.2) is 0 Å². The maximum absolute atomic E-state index is 13.2. The van der Waals surface area contributed by atoms with Crippen molar-refractivity contribution in [2.24, 2.45) is 0 Å². The highest BCUT2D eigenvalue weighted by atomic mass is 16.3. The Hall–Kier alpha value is -3.32. The number of fused-ring (bicyclic) bond motifs is 1. The highest BCUT2D eigenvalue weighted by Gasteiger charge is 2.52. The van der Waals surface area contributed by atoms with Crippen LogP contribution in [-0.4, -0.2) is 62.7 Å². The SMILES string of the molecule is Cc1cccc2[nH]cc(C[C@H]3C(=O)N(C)[C@@](O)(Cc4cccc(O)c4)C(=O)N3C)c12. The second-order valence-electron chi connectivity index (χ2n) is 8.01. The van der Waals surface area contributed by atoms with Crippen molar-refractivity contribution in [2.75, 3.05) is 14.1 Å². The maximum Gasteiger partial charge on any atom is 0.276 e. The number of aromatic hydroxyl groups is 1. The predicted octanol–water partition coefficient (Wildman–Crippen LogP) is 1.95. The Balaban J connectivity index is 1.64. The molecule has 0 spiro atoms. The number of aliphatic hydroxyl groups is 1. The molecule has 4 rings (SSSR count). The van der Waals surface area contributed by atoms with Crippen LogP contribution in [0.15, 0.2) is 48.7 Å². The first kappa shape index (κ1) is 20.0. The van der Waals surface area contributed by atoms with E-state index in [4.69, 9.17) is 0 Å². The van der Waals surface area contributed by atoms with Crippen molar-refractivity contribution in [3.8, 4) is 5.75 Å². The molecule has 0 bridgehead atoms. The summed E-state index contributed by atoms with van der Waals surface area (Å²) in [6, 6.07) is 11.6. The first-order chi connectivity index (χ1) is 14.2. The number of hydrogen-bond acceptors (Lipinski definition) is 4. The number of rotatable bonds is 4. The number of aromatic amines is 1.